The molecular formula is C12H18N4OS. The van der Waals surface area contributed by atoms with Crippen LogP contribution in [-0.4, -0.2) is 37.1 Å². The number of nitrogens with two attached hydrogens (primary N) is 1. The van der Waals surface area contributed by atoms with E-state index in [-0.39, 0.29) is 11.8 Å². The van der Waals surface area contributed by atoms with Gasteiger partial charge in [-0.25, -0.2) is 0 Å². The summed E-state index contributed by atoms with van der Waals surface area (Å²) in [5.41, 5.74) is 5.53. The summed E-state index contributed by atoms with van der Waals surface area (Å²) in [6.07, 6.45) is 2.56. The van der Waals surface area contributed by atoms with E-state index < -0.39 is 5.60 Å². The van der Waals surface area contributed by atoms with Crippen molar-refractivity contribution >= 4 is 17.4 Å². The molecule has 0 aliphatic carbocycles. The average Bonchev–Trinajstić information content (AvgIpc) is 2.72. The van der Waals surface area contributed by atoms with Crippen LogP contribution in [0.1, 0.15) is 20.3 Å². The number of aliphatic hydroxyl groups is 1. The van der Waals surface area contributed by atoms with Gasteiger partial charge in [0.1, 0.15) is 0 Å². The van der Waals surface area contributed by atoms with E-state index in [4.69, 9.17) is 5.73 Å². The molecule has 0 radical (unpaired) electrons. The Labute approximate surface area is 110 Å². The fraction of sp³-hybridized carbons (Fsp3) is 0.500. The third kappa shape index (κ3) is 3.01. The minimum absolute atomic E-state index is 0.219. The molecule has 18 heavy (non-hydrogen) atoms. The van der Waals surface area contributed by atoms with Crippen molar-refractivity contribution in [1.29, 1.82) is 0 Å². The summed E-state index contributed by atoms with van der Waals surface area (Å²) in [4.78, 5) is 0. The van der Waals surface area contributed by atoms with Crippen molar-refractivity contribution in [2.45, 2.75) is 36.3 Å². The molecule has 6 heteroatoms. The molecule has 2 heterocycles. The van der Waals surface area contributed by atoms with Crippen LogP contribution in [0.3, 0.4) is 0 Å². The molecule has 2 aromatic rings. The monoisotopic (exact) mass is 266 g/mol. The number of fused-ring (bicyclic) bond motifs is 1. The maximum Gasteiger partial charge on any atom is 0.195 e. The zero-order valence-corrected chi connectivity index (χ0v) is 11.4. The summed E-state index contributed by atoms with van der Waals surface area (Å²) < 4.78 is 1.94. The average molecular weight is 266 g/mol. The summed E-state index contributed by atoms with van der Waals surface area (Å²) in [6, 6.07) is 5.79. The van der Waals surface area contributed by atoms with Gasteiger partial charge >= 0.3 is 0 Å². The smallest absolute Gasteiger partial charge is 0.195 e. The Morgan fingerprint density at radius 3 is 3.00 bits per heavy atom. The fourth-order valence-electron chi connectivity index (χ4n) is 1.82. The first-order chi connectivity index (χ1) is 8.52. The number of aromatic nitrogens is 3. The van der Waals surface area contributed by atoms with Crippen LogP contribution in [0, 0.1) is 0 Å². The van der Waals surface area contributed by atoms with Crippen molar-refractivity contribution in [3.8, 4) is 0 Å². The van der Waals surface area contributed by atoms with Gasteiger partial charge in [0, 0.05) is 18.0 Å². The molecule has 0 amide bonds. The molecule has 2 unspecified atom stereocenters. The first kappa shape index (κ1) is 13.3. The molecule has 0 saturated heterocycles. The molecule has 0 spiro atoms. The Balaban J connectivity index is 2.09. The molecule has 0 fully saturated rings. The van der Waals surface area contributed by atoms with E-state index in [1.165, 1.54) is 0 Å². The predicted octanol–water partition coefficient (Wildman–Crippen LogP) is 1.31. The maximum atomic E-state index is 9.95. The molecule has 2 atom stereocenters. The lowest BCUT2D eigenvalue weighted by atomic mass is 10.0. The second-order valence-electron chi connectivity index (χ2n) is 4.75. The normalized spacial score (nSPS) is 16.7. The molecule has 3 N–H and O–H groups in total. The van der Waals surface area contributed by atoms with Crippen molar-refractivity contribution in [3.63, 3.8) is 0 Å². The van der Waals surface area contributed by atoms with Gasteiger partial charge in [0.05, 0.1) is 5.60 Å². The maximum absolute atomic E-state index is 9.95. The third-order valence-corrected chi connectivity index (χ3v) is 3.81. The Morgan fingerprint density at radius 1 is 1.50 bits per heavy atom. The number of nitrogens with zero attached hydrogens (tertiary/aromatic N) is 3. The number of pyridine rings is 1. The van der Waals surface area contributed by atoms with E-state index >= 15 is 0 Å². The summed E-state index contributed by atoms with van der Waals surface area (Å²) in [7, 11) is 0. The second kappa shape index (κ2) is 5.26. The molecular weight excluding hydrogens is 248 g/mol. The van der Waals surface area contributed by atoms with Gasteiger partial charge in [-0.3, -0.25) is 4.40 Å². The van der Waals surface area contributed by atoms with Gasteiger partial charge in [-0.1, -0.05) is 24.8 Å². The van der Waals surface area contributed by atoms with E-state index in [0.717, 1.165) is 10.8 Å². The molecule has 5 nitrogen and oxygen atoms in total. The zero-order valence-electron chi connectivity index (χ0n) is 10.6. The van der Waals surface area contributed by atoms with E-state index in [2.05, 4.69) is 17.1 Å². The number of hydrogen-bond acceptors (Lipinski definition) is 5. The van der Waals surface area contributed by atoms with E-state index in [0.29, 0.717) is 6.42 Å². The Bertz CT molecular complexity index is 526. The topological polar surface area (TPSA) is 76.4 Å². The second-order valence-corrected chi connectivity index (χ2v) is 6.15. The Morgan fingerprint density at radius 2 is 2.28 bits per heavy atom. The Kier molecular flexibility index (Phi) is 3.89. The van der Waals surface area contributed by atoms with Gasteiger partial charge in [-0.15, -0.1) is 10.2 Å². The van der Waals surface area contributed by atoms with E-state index in [1.54, 1.807) is 18.7 Å². The number of hydrogen-bond donors (Lipinski definition) is 2. The van der Waals surface area contributed by atoms with Crippen molar-refractivity contribution in [3.05, 3.63) is 24.4 Å². The van der Waals surface area contributed by atoms with Crippen LogP contribution in [0.2, 0.25) is 0 Å². The zero-order chi connectivity index (χ0) is 13.2. The van der Waals surface area contributed by atoms with Crippen LogP contribution >= 0.6 is 11.8 Å². The van der Waals surface area contributed by atoms with Gasteiger partial charge in [0.2, 0.25) is 0 Å². The van der Waals surface area contributed by atoms with Gasteiger partial charge in [-0.05, 0) is 25.5 Å². The SMILES string of the molecule is CC(CC(C)(O)CN)Sc1nnc2ccccn12. The van der Waals surface area contributed by atoms with Crippen LogP contribution in [0.4, 0.5) is 0 Å². The molecule has 0 saturated carbocycles. The molecule has 2 aromatic heterocycles. The molecule has 0 bridgehead atoms. The lowest BCUT2D eigenvalue weighted by Gasteiger charge is -2.24. The van der Waals surface area contributed by atoms with Gasteiger partial charge < -0.3 is 10.8 Å². The van der Waals surface area contributed by atoms with Crippen LogP contribution in [0.25, 0.3) is 5.65 Å². The van der Waals surface area contributed by atoms with Crippen molar-refractivity contribution in [2.24, 2.45) is 5.73 Å². The van der Waals surface area contributed by atoms with Crippen LogP contribution in [0.5, 0.6) is 0 Å². The summed E-state index contributed by atoms with van der Waals surface area (Å²) in [5, 5.41) is 19.3. The van der Waals surface area contributed by atoms with Crippen molar-refractivity contribution < 1.29 is 5.11 Å². The molecule has 0 aliphatic heterocycles. The first-order valence-electron chi connectivity index (χ1n) is 5.91. The summed E-state index contributed by atoms with van der Waals surface area (Å²) in [6.45, 7) is 4.07. The van der Waals surface area contributed by atoms with E-state index in [9.17, 15) is 5.11 Å². The predicted molar refractivity (Wildman–Crippen MR) is 72.6 cm³/mol. The summed E-state index contributed by atoms with van der Waals surface area (Å²) >= 11 is 1.60. The molecule has 2 rings (SSSR count). The molecule has 0 aliphatic rings. The van der Waals surface area contributed by atoms with Crippen LogP contribution in [-0.2, 0) is 0 Å². The lowest BCUT2D eigenvalue weighted by Crippen LogP contribution is -2.36. The van der Waals surface area contributed by atoms with Gasteiger partial charge in [0.15, 0.2) is 10.8 Å². The van der Waals surface area contributed by atoms with E-state index in [1.807, 2.05) is 28.8 Å². The van der Waals surface area contributed by atoms with Gasteiger partial charge in [-0.2, -0.15) is 0 Å². The van der Waals surface area contributed by atoms with Crippen molar-refractivity contribution in [2.75, 3.05) is 6.54 Å². The minimum Gasteiger partial charge on any atom is -0.389 e. The number of rotatable bonds is 5. The molecule has 0 aromatic carbocycles. The summed E-state index contributed by atoms with van der Waals surface area (Å²) in [5.74, 6) is 0. The highest BCUT2D eigenvalue weighted by molar-refractivity contribution is 7.99. The highest BCUT2D eigenvalue weighted by atomic mass is 32.2. The minimum atomic E-state index is -0.826. The third-order valence-electron chi connectivity index (χ3n) is 2.76. The largest absolute Gasteiger partial charge is 0.389 e. The lowest BCUT2D eigenvalue weighted by molar-refractivity contribution is 0.0608. The highest BCUT2D eigenvalue weighted by Crippen LogP contribution is 2.27. The first-order valence-corrected chi connectivity index (χ1v) is 6.79. The van der Waals surface area contributed by atoms with Crippen LogP contribution in [0.15, 0.2) is 29.6 Å². The molecule has 98 valence electrons. The Hall–Kier alpha value is -1.11. The van der Waals surface area contributed by atoms with Crippen LogP contribution < -0.4 is 5.73 Å². The number of thioether (sulfide) groups is 1. The standard InChI is InChI=1S/C12H18N4OS/c1-9(7-12(2,17)8-13)18-11-15-14-10-5-3-4-6-16(10)11/h3-6,9,17H,7-8,13H2,1-2H3. The quantitative estimate of drug-likeness (QED) is 0.798. The fourth-order valence-corrected chi connectivity index (χ4v) is 2.98. The van der Waals surface area contributed by atoms with Crippen molar-refractivity contribution in [1.82, 2.24) is 14.6 Å². The highest BCUT2D eigenvalue weighted by Gasteiger charge is 2.23. The van der Waals surface area contributed by atoms with Gasteiger partial charge in [0.25, 0.3) is 0 Å².